The van der Waals surface area contributed by atoms with Crippen LogP contribution in [-0.4, -0.2) is 12.5 Å². The number of nitrogens with one attached hydrogen (secondary N) is 1. The molecule has 1 atom stereocenters. The molecule has 3 N–H and O–H groups in total. The lowest BCUT2D eigenvalue weighted by Gasteiger charge is -2.37. The number of aryl methyl sites for hydroxylation is 1. The number of anilines is 1. The summed E-state index contributed by atoms with van der Waals surface area (Å²) in [5.41, 5.74) is 5.68. The Morgan fingerprint density at radius 1 is 1.10 bits per heavy atom. The van der Waals surface area contributed by atoms with E-state index in [0.717, 1.165) is 30.6 Å². The first-order valence-corrected chi connectivity index (χ1v) is 7.21. The number of benzene rings is 2. The molecule has 0 saturated heterocycles. The summed E-state index contributed by atoms with van der Waals surface area (Å²) in [6.07, 6.45) is 2.09. The number of carbonyl (C=O) groups excluding carboxylic acids is 1. The van der Waals surface area contributed by atoms with Crippen LogP contribution >= 0.6 is 0 Å². The molecule has 21 heavy (non-hydrogen) atoms. The van der Waals surface area contributed by atoms with Crippen LogP contribution in [0.4, 0.5) is 5.69 Å². The van der Waals surface area contributed by atoms with E-state index in [9.17, 15) is 4.79 Å². The van der Waals surface area contributed by atoms with Gasteiger partial charge in [-0.1, -0.05) is 48.5 Å². The monoisotopic (exact) mass is 281 g/mol. The summed E-state index contributed by atoms with van der Waals surface area (Å²) in [5, 5.41) is 0. The summed E-state index contributed by atoms with van der Waals surface area (Å²) in [6.45, 7) is 0.851. The lowest BCUT2D eigenvalue weighted by molar-refractivity contribution is -0.122. The number of carbonyl (C=O) groups is 1. The first-order valence-electron chi connectivity index (χ1n) is 7.21. The van der Waals surface area contributed by atoms with Gasteiger partial charge in [0.05, 0.1) is 0 Å². The average molecular weight is 281 g/mol. The predicted molar refractivity (Wildman–Crippen MR) is 83.6 cm³/mol. The Balaban J connectivity index is 2.04. The van der Waals surface area contributed by atoms with Crippen LogP contribution in [0, 0.1) is 0 Å². The molecule has 4 nitrogen and oxygen atoms in total. The third-order valence-electron chi connectivity index (χ3n) is 3.96. The second-order valence-electron chi connectivity index (χ2n) is 5.25. The Labute approximate surface area is 124 Å². The van der Waals surface area contributed by atoms with Gasteiger partial charge in [0.1, 0.15) is 6.04 Å². The normalized spacial score (nSPS) is 15.2. The molecule has 1 amide bonds. The van der Waals surface area contributed by atoms with Crippen LogP contribution in [0.25, 0.3) is 0 Å². The number of fused-ring (bicyclic) bond motifs is 1. The molecule has 2 aromatic rings. The van der Waals surface area contributed by atoms with Gasteiger partial charge >= 0.3 is 0 Å². The molecule has 0 spiro atoms. The predicted octanol–water partition coefficient (Wildman–Crippen LogP) is 2.17. The van der Waals surface area contributed by atoms with Crippen molar-refractivity contribution in [2.45, 2.75) is 18.9 Å². The maximum absolute atomic E-state index is 12.3. The van der Waals surface area contributed by atoms with E-state index >= 15 is 0 Å². The van der Waals surface area contributed by atoms with E-state index < -0.39 is 6.04 Å². The van der Waals surface area contributed by atoms with Gasteiger partial charge in [0.25, 0.3) is 5.91 Å². The number of amides is 1. The molecule has 0 radical (unpaired) electrons. The fraction of sp³-hybridized carbons (Fsp3) is 0.235. The van der Waals surface area contributed by atoms with E-state index in [-0.39, 0.29) is 5.91 Å². The van der Waals surface area contributed by atoms with Crippen molar-refractivity contribution >= 4 is 11.6 Å². The molecule has 0 bridgehead atoms. The molecular weight excluding hydrogens is 262 g/mol. The van der Waals surface area contributed by atoms with E-state index in [1.54, 1.807) is 0 Å². The second kappa shape index (κ2) is 5.97. The van der Waals surface area contributed by atoms with E-state index in [4.69, 9.17) is 5.84 Å². The van der Waals surface area contributed by atoms with Crippen LogP contribution < -0.4 is 16.2 Å². The second-order valence-corrected chi connectivity index (χ2v) is 5.25. The average Bonchev–Trinajstić information content (AvgIpc) is 2.56. The van der Waals surface area contributed by atoms with Crippen LogP contribution in [0.3, 0.4) is 0 Å². The number of nitrogens with two attached hydrogens (primary N) is 1. The summed E-state index contributed by atoms with van der Waals surface area (Å²) >= 11 is 0. The molecule has 0 aliphatic carbocycles. The molecule has 1 aliphatic rings. The van der Waals surface area contributed by atoms with E-state index in [2.05, 4.69) is 22.5 Å². The number of hydrogen-bond donors (Lipinski definition) is 2. The molecule has 1 unspecified atom stereocenters. The van der Waals surface area contributed by atoms with Crippen LogP contribution in [0.2, 0.25) is 0 Å². The molecule has 4 heteroatoms. The Hall–Kier alpha value is -2.33. The number of para-hydroxylation sites is 1. The van der Waals surface area contributed by atoms with Gasteiger partial charge in [-0.3, -0.25) is 10.2 Å². The Kier molecular flexibility index (Phi) is 3.88. The highest BCUT2D eigenvalue weighted by atomic mass is 16.2. The van der Waals surface area contributed by atoms with Crippen molar-refractivity contribution in [2.24, 2.45) is 5.84 Å². The largest absolute Gasteiger partial charge is 0.356 e. The fourth-order valence-electron chi connectivity index (χ4n) is 3.02. The number of rotatable bonds is 3. The molecule has 0 aromatic heterocycles. The summed E-state index contributed by atoms with van der Waals surface area (Å²) < 4.78 is 0. The summed E-state index contributed by atoms with van der Waals surface area (Å²) in [7, 11) is 0. The van der Waals surface area contributed by atoms with Crippen molar-refractivity contribution in [3.8, 4) is 0 Å². The highest BCUT2D eigenvalue weighted by molar-refractivity contribution is 5.86. The summed E-state index contributed by atoms with van der Waals surface area (Å²) in [5.74, 6) is 5.23. The van der Waals surface area contributed by atoms with Gasteiger partial charge in [-0.25, -0.2) is 5.84 Å². The van der Waals surface area contributed by atoms with Gasteiger partial charge in [-0.05, 0) is 30.0 Å². The van der Waals surface area contributed by atoms with Crippen molar-refractivity contribution in [3.63, 3.8) is 0 Å². The van der Waals surface area contributed by atoms with Gasteiger partial charge in [-0.2, -0.15) is 0 Å². The molecule has 108 valence electrons. The minimum absolute atomic E-state index is 0.182. The van der Waals surface area contributed by atoms with Crippen molar-refractivity contribution in [2.75, 3.05) is 11.4 Å². The summed E-state index contributed by atoms with van der Waals surface area (Å²) in [6, 6.07) is 17.7. The summed E-state index contributed by atoms with van der Waals surface area (Å²) in [4.78, 5) is 14.5. The van der Waals surface area contributed by atoms with Gasteiger partial charge in [-0.15, -0.1) is 0 Å². The third-order valence-corrected chi connectivity index (χ3v) is 3.96. The first kappa shape index (κ1) is 13.6. The van der Waals surface area contributed by atoms with Gasteiger partial charge in [0.15, 0.2) is 0 Å². The van der Waals surface area contributed by atoms with Gasteiger partial charge < -0.3 is 4.90 Å². The van der Waals surface area contributed by atoms with E-state index in [0.29, 0.717) is 0 Å². The van der Waals surface area contributed by atoms with Crippen molar-refractivity contribution in [1.29, 1.82) is 0 Å². The maximum Gasteiger partial charge on any atom is 0.261 e. The third kappa shape index (κ3) is 2.62. The topological polar surface area (TPSA) is 58.4 Å². The van der Waals surface area contributed by atoms with Crippen molar-refractivity contribution in [3.05, 3.63) is 65.7 Å². The van der Waals surface area contributed by atoms with Crippen molar-refractivity contribution < 1.29 is 4.79 Å². The quantitative estimate of drug-likeness (QED) is 0.515. The Morgan fingerprint density at radius 3 is 2.57 bits per heavy atom. The minimum Gasteiger partial charge on any atom is -0.356 e. The zero-order valence-electron chi connectivity index (χ0n) is 11.8. The fourth-order valence-corrected chi connectivity index (χ4v) is 3.02. The number of hydrazine groups is 1. The molecule has 2 aromatic carbocycles. The van der Waals surface area contributed by atoms with Crippen LogP contribution in [0.1, 0.15) is 23.6 Å². The zero-order valence-corrected chi connectivity index (χ0v) is 11.8. The van der Waals surface area contributed by atoms with E-state index in [1.165, 1.54) is 5.56 Å². The highest BCUT2D eigenvalue weighted by Crippen LogP contribution is 2.34. The molecule has 1 aliphatic heterocycles. The van der Waals surface area contributed by atoms with Gasteiger partial charge in [0.2, 0.25) is 0 Å². The lowest BCUT2D eigenvalue weighted by atomic mass is 9.96. The number of hydrogen-bond acceptors (Lipinski definition) is 3. The first-order chi connectivity index (χ1) is 10.3. The standard InChI is InChI=1S/C17H19N3O/c18-19-17(21)16(14-8-2-1-3-9-14)20-12-6-10-13-7-4-5-11-15(13)20/h1-5,7-9,11,16H,6,10,12,18H2,(H,19,21). The molecule has 0 saturated carbocycles. The Morgan fingerprint density at radius 2 is 1.81 bits per heavy atom. The zero-order chi connectivity index (χ0) is 14.7. The lowest BCUT2D eigenvalue weighted by Crippen LogP contribution is -2.45. The van der Waals surface area contributed by atoms with Crippen LogP contribution in [-0.2, 0) is 11.2 Å². The molecule has 0 fully saturated rings. The Bertz CT molecular complexity index is 627. The SMILES string of the molecule is NNC(=O)C(c1ccccc1)N1CCCc2ccccc21. The highest BCUT2D eigenvalue weighted by Gasteiger charge is 2.30. The minimum atomic E-state index is -0.391. The maximum atomic E-state index is 12.3. The van der Waals surface area contributed by atoms with Gasteiger partial charge in [0, 0.05) is 12.2 Å². The van der Waals surface area contributed by atoms with E-state index in [1.807, 2.05) is 42.5 Å². The number of nitrogens with zero attached hydrogens (tertiary/aromatic N) is 1. The molecule has 1 heterocycles. The smallest absolute Gasteiger partial charge is 0.261 e. The van der Waals surface area contributed by atoms with Crippen LogP contribution in [0.15, 0.2) is 54.6 Å². The van der Waals surface area contributed by atoms with Crippen LogP contribution in [0.5, 0.6) is 0 Å². The molecule has 3 rings (SSSR count). The van der Waals surface area contributed by atoms with Crippen molar-refractivity contribution in [1.82, 2.24) is 5.43 Å². The molecular formula is C17H19N3O.